The standard InChI is InChI=1S/C13H20N4O/c1-4-9(8-18)15-13-11(7-14)10(5-2)12(6-3)16-17-13/h9,18H,4-6,8H2,1-3H3,(H,15,17). The smallest absolute Gasteiger partial charge is 0.167 e. The quantitative estimate of drug-likeness (QED) is 0.800. The summed E-state index contributed by atoms with van der Waals surface area (Å²) >= 11 is 0. The highest BCUT2D eigenvalue weighted by Gasteiger charge is 2.16. The van der Waals surface area contributed by atoms with E-state index in [9.17, 15) is 10.4 Å². The Morgan fingerprint density at radius 2 is 2.00 bits per heavy atom. The molecule has 0 spiro atoms. The summed E-state index contributed by atoms with van der Waals surface area (Å²) in [7, 11) is 0. The molecule has 1 aromatic rings. The molecule has 2 N–H and O–H groups in total. The van der Waals surface area contributed by atoms with Crippen molar-refractivity contribution in [1.29, 1.82) is 5.26 Å². The number of aryl methyl sites for hydroxylation is 1. The number of anilines is 1. The van der Waals surface area contributed by atoms with Crippen LogP contribution in [0.3, 0.4) is 0 Å². The number of aliphatic hydroxyl groups is 1. The maximum Gasteiger partial charge on any atom is 0.167 e. The van der Waals surface area contributed by atoms with Crippen LogP contribution in [0.25, 0.3) is 0 Å². The van der Waals surface area contributed by atoms with E-state index in [2.05, 4.69) is 21.6 Å². The van der Waals surface area contributed by atoms with Crippen LogP contribution >= 0.6 is 0 Å². The summed E-state index contributed by atoms with van der Waals surface area (Å²) in [5.74, 6) is 0.479. The first-order chi connectivity index (χ1) is 8.71. The van der Waals surface area contributed by atoms with E-state index in [4.69, 9.17) is 0 Å². The molecule has 0 fully saturated rings. The number of nitrogens with zero attached hydrogens (tertiary/aromatic N) is 3. The number of aliphatic hydroxyl groups excluding tert-OH is 1. The zero-order valence-electron chi connectivity index (χ0n) is 11.2. The third-order valence-corrected chi connectivity index (χ3v) is 3.01. The number of nitriles is 1. The van der Waals surface area contributed by atoms with Gasteiger partial charge in [-0.2, -0.15) is 10.4 Å². The van der Waals surface area contributed by atoms with Gasteiger partial charge in [0.15, 0.2) is 5.82 Å². The van der Waals surface area contributed by atoms with Gasteiger partial charge in [0.2, 0.25) is 0 Å². The van der Waals surface area contributed by atoms with Crippen LogP contribution in [0.5, 0.6) is 0 Å². The topological polar surface area (TPSA) is 81.8 Å². The Labute approximate surface area is 108 Å². The summed E-state index contributed by atoms with van der Waals surface area (Å²) in [6.45, 7) is 5.98. The van der Waals surface area contributed by atoms with Gasteiger partial charge in [-0.25, -0.2) is 0 Å². The maximum atomic E-state index is 9.29. The van der Waals surface area contributed by atoms with Crippen molar-refractivity contribution in [3.05, 3.63) is 16.8 Å². The molecular weight excluding hydrogens is 228 g/mol. The molecule has 0 saturated heterocycles. The van der Waals surface area contributed by atoms with Crippen molar-refractivity contribution < 1.29 is 5.11 Å². The number of hydrogen-bond acceptors (Lipinski definition) is 5. The van der Waals surface area contributed by atoms with E-state index in [1.165, 1.54) is 0 Å². The fourth-order valence-corrected chi connectivity index (χ4v) is 1.86. The molecule has 1 unspecified atom stereocenters. The second-order valence-corrected chi connectivity index (χ2v) is 4.10. The van der Waals surface area contributed by atoms with Gasteiger partial charge >= 0.3 is 0 Å². The van der Waals surface area contributed by atoms with Gasteiger partial charge in [0.1, 0.15) is 11.6 Å². The Hall–Kier alpha value is -1.67. The van der Waals surface area contributed by atoms with Crippen LogP contribution in [0, 0.1) is 11.3 Å². The minimum atomic E-state index is -0.0939. The van der Waals surface area contributed by atoms with Crippen LogP contribution in [0.2, 0.25) is 0 Å². The monoisotopic (exact) mass is 248 g/mol. The fraction of sp³-hybridized carbons (Fsp3) is 0.615. The van der Waals surface area contributed by atoms with Crippen molar-refractivity contribution in [2.75, 3.05) is 11.9 Å². The van der Waals surface area contributed by atoms with E-state index >= 15 is 0 Å². The highest BCUT2D eigenvalue weighted by molar-refractivity contribution is 5.56. The highest BCUT2D eigenvalue weighted by Crippen LogP contribution is 2.20. The fourth-order valence-electron chi connectivity index (χ4n) is 1.86. The maximum absolute atomic E-state index is 9.29. The lowest BCUT2D eigenvalue weighted by atomic mass is 10.0. The van der Waals surface area contributed by atoms with E-state index in [-0.39, 0.29) is 12.6 Å². The molecule has 98 valence electrons. The zero-order valence-corrected chi connectivity index (χ0v) is 11.2. The third kappa shape index (κ3) is 2.96. The zero-order chi connectivity index (χ0) is 13.5. The Morgan fingerprint density at radius 1 is 1.28 bits per heavy atom. The summed E-state index contributed by atoms with van der Waals surface area (Å²) in [6.07, 6.45) is 2.29. The Morgan fingerprint density at radius 3 is 2.44 bits per heavy atom. The lowest BCUT2D eigenvalue weighted by molar-refractivity contribution is 0.271. The van der Waals surface area contributed by atoms with E-state index in [0.717, 1.165) is 30.5 Å². The van der Waals surface area contributed by atoms with Crippen molar-refractivity contribution >= 4 is 5.82 Å². The van der Waals surface area contributed by atoms with E-state index < -0.39 is 0 Å². The van der Waals surface area contributed by atoms with Crippen molar-refractivity contribution in [3.63, 3.8) is 0 Å². The van der Waals surface area contributed by atoms with Crippen LogP contribution in [0.1, 0.15) is 44.0 Å². The average Bonchev–Trinajstić information content (AvgIpc) is 2.43. The largest absolute Gasteiger partial charge is 0.394 e. The van der Waals surface area contributed by atoms with Crippen molar-refractivity contribution in [2.45, 2.75) is 46.1 Å². The number of nitrogens with one attached hydrogen (secondary N) is 1. The van der Waals surface area contributed by atoms with Crippen LogP contribution in [-0.2, 0) is 12.8 Å². The molecule has 1 atom stereocenters. The first-order valence-corrected chi connectivity index (χ1v) is 6.37. The molecule has 0 aliphatic rings. The van der Waals surface area contributed by atoms with Crippen molar-refractivity contribution in [1.82, 2.24) is 10.2 Å². The van der Waals surface area contributed by atoms with E-state index in [1.807, 2.05) is 20.8 Å². The number of aromatic nitrogens is 2. The van der Waals surface area contributed by atoms with Gasteiger partial charge in [-0.3, -0.25) is 0 Å². The predicted molar refractivity (Wildman–Crippen MR) is 70.3 cm³/mol. The molecule has 18 heavy (non-hydrogen) atoms. The number of rotatable bonds is 6. The molecule has 0 amide bonds. The minimum Gasteiger partial charge on any atom is -0.394 e. The second kappa shape index (κ2) is 6.92. The molecule has 0 bridgehead atoms. The molecule has 0 aliphatic heterocycles. The van der Waals surface area contributed by atoms with Gasteiger partial charge in [-0.15, -0.1) is 5.10 Å². The first-order valence-electron chi connectivity index (χ1n) is 6.37. The lowest BCUT2D eigenvalue weighted by Gasteiger charge is -2.17. The summed E-state index contributed by atoms with van der Waals surface area (Å²) in [6, 6.07) is 2.10. The molecule has 5 heteroatoms. The summed E-state index contributed by atoms with van der Waals surface area (Å²) in [4.78, 5) is 0. The van der Waals surface area contributed by atoms with E-state index in [1.54, 1.807) is 0 Å². The Balaban J connectivity index is 3.17. The van der Waals surface area contributed by atoms with E-state index in [0.29, 0.717) is 11.4 Å². The minimum absolute atomic E-state index is 0.0139. The van der Waals surface area contributed by atoms with Crippen LogP contribution in [0.4, 0.5) is 5.82 Å². The SMILES string of the molecule is CCc1nnc(NC(CC)CO)c(C#N)c1CC. The first kappa shape index (κ1) is 14.4. The second-order valence-electron chi connectivity index (χ2n) is 4.10. The molecule has 5 nitrogen and oxygen atoms in total. The third-order valence-electron chi connectivity index (χ3n) is 3.01. The highest BCUT2D eigenvalue weighted by atomic mass is 16.3. The van der Waals surface area contributed by atoms with Gasteiger partial charge in [0.25, 0.3) is 0 Å². The summed E-state index contributed by atoms with van der Waals surface area (Å²) in [5.41, 5.74) is 2.37. The van der Waals surface area contributed by atoms with Gasteiger partial charge in [-0.05, 0) is 24.8 Å². The van der Waals surface area contributed by atoms with Gasteiger partial charge in [-0.1, -0.05) is 20.8 Å². The normalized spacial score (nSPS) is 11.9. The van der Waals surface area contributed by atoms with Crippen LogP contribution in [-0.4, -0.2) is 28.0 Å². The Kier molecular flexibility index (Phi) is 5.53. The average molecular weight is 248 g/mol. The van der Waals surface area contributed by atoms with Crippen molar-refractivity contribution in [2.24, 2.45) is 0 Å². The van der Waals surface area contributed by atoms with Gasteiger partial charge < -0.3 is 10.4 Å². The predicted octanol–water partition coefficient (Wildman–Crippen LogP) is 1.66. The van der Waals surface area contributed by atoms with Gasteiger partial charge in [0, 0.05) is 0 Å². The molecule has 0 saturated carbocycles. The number of hydrogen-bond donors (Lipinski definition) is 2. The van der Waals surface area contributed by atoms with Crippen molar-refractivity contribution in [3.8, 4) is 6.07 Å². The lowest BCUT2D eigenvalue weighted by Crippen LogP contribution is -2.24. The van der Waals surface area contributed by atoms with Crippen LogP contribution < -0.4 is 5.32 Å². The Bertz CT molecular complexity index is 435. The molecule has 1 rings (SSSR count). The summed E-state index contributed by atoms with van der Waals surface area (Å²) < 4.78 is 0. The molecule has 0 radical (unpaired) electrons. The van der Waals surface area contributed by atoms with Gasteiger partial charge in [0.05, 0.1) is 18.3 Å². The van der Waals surface area contributed by atoms with Crippen LogP contribution in [0.15, 0.2) is 0 Å². The molecule has 0 aromatic carbocycles. The molecule has 1 aromatic heterocycles. The summed E-state index contributed by atoms with van der Waals surface area (Å²) in [5, 5.41) is 29.8. The molecule has 0 aliphatic carbocycles. The molecular formula is C13H20N4O. The molecule has 1 heterocycles.